The minimum Gasteiger partial charge on any atom is -0.508 e. The van der Waals surface area contributed by atoms with Gasteiger partial charge in [-0.05, 0) is 106 Å². The quantitative estimate of drug-likeness (QED) is 0.124. The molecule has 12 heteroatoms. The van der Waals surface area contributed by atoms with Gasteiger partial charge in [-0.1, -0.05) is 18.5 Å². The molecule has 0 spiro atoms. The van der Waals surface area contributed by atoms with Crippen LogP contribution in [0.5, 0.6) is 5.75 Å². The number of hydrogen-bond donors (Lipinski definition) is 5. The number of piperidine rings is 1. The highest BCUT2D eigenvalue weighted by molar-refractivity contribution is 6.34. The third kappa shape index (κ3) is 11.4. The summed E-state index contributed by atoms with van der Waals surface area (Å²) in [6.07, 6.45) is 6.36. The van der Waals surface area contributed by atoms with E-state index in [9.17, 15) is 14.7 Å². The number of nitrogens with zero attached hydrogens (tertiary/aromatic N) is 3. The molecule has 1 aromatic heterocycles. The van der Waals surface area contributed by atoms with Crippen molar-refractivity contribution in [1.29, 1.82) is 5.26 Å². The second-order valence-electron chi connectivity index (χ2n) is 9.93. The fourth-order valence-electron chi connectivity index (χ4n) is 3.97. The summed E-state index contributed by atoms with van der Waals surface area (Å²) >= 11 is 6.21. The normalized spacial score (nSPS) is 12.1. The van der Waals surface area contributed by atoms with Gasteiger partial charge in [-0.3, -0.25) is 9.59 Å². The summed E-state index contributed by atoms with van der Waals surface area (Å²) in [4.78, 5) is 42.4. The van der Waals surface area contributed by atoms with Crippen LogP contribution in [0.25, 0.3) is 0 Å². The summed E-state index contributed by atoms with van der Waals surface area (Å²) in [6, 6.07) is 19.1. The molecule has 5 rings (SSSR count). The van der Waals surface area contributed by atoms with Crippen LogP contribution in [0.1, 0.15) is 53.0 Å². The Hall–Kier alpha value is -5.31. The summed E-state index contributed by atoms with van der Waals surface area (Å²) < 4.78 is 0. The molecule has 1 aliphatic heterocycles. The maximum Gasteiger partial charge on any atom is 0.257 e. The number of nitrogens with one attached hydrogen (secondary N) is 4. The highest BCUT2D eigenvalue weighted by Crippen LogP contribution is 2.23. The molecule has 1 fully saturated rings. The van der Waals surface area contributed by atoms with Crippen molar-refractivity contribution >= 4 is 52.7 Å². The number of aromatic nitrogens is 2. The van der Waals surface area contributed by atoms with Crippen LogP contribution in [-0.2, 0) is 4.79 Å². The standard InChI is InChI=1S/C25H17ClN6O3.C6H13N.C2H4O/c26-22-10-7-18(30-23(34)16-3-1-15(12-27)2-4-16)11-21(22)24(35)31-19-13-28-25(29-14-19)32-17-5-8-20(33)9-6-17;1-6-2-4-7-5-3-6;1-2-3/h1-11,13-14,33H,(H,30,34)(H,31,35)(H,28,29,32);6-7H,2-5H2,1H3;2H,1H3. The molecule has 4 aromatic rings. The fraction of sp³-hybridized carbons (Fsp3) is 0.212. The summed E-state index contributed by atoms with van der Waals surface area (Å²) in [7, 11) is 0. The molecule has 0 atom stereocenters. The minimum atomic E-state index is -0.507. The highest BCUT2D eigenvalue weighted by Gasteiger charge is 2.14. The van der Waals surface area contributed by atoms with Crippen molar-refractivity contribution in [3.63, 3.8) is 0 Å². The van der Waals surface area contributed by atoms with Crippen LogP contribution < -0.4 is 21.3 Å². The number of nitriles is 1. The van der Waals surface area contributed by atoms with Crippen LogP contribution in [0.3, 0.4) is 0 Å². The lowest BCUT2D eigenvalue weighted by molar-refractivity contribution is -0.106. The lowest BCUT2D eigenvalue weighted by atomic mass is 10.0. The molecule has 0 unspecified atom stereocenters. The van der Waals surface area contributed by atoms with E-state index in [-0.39, 0.29) is 16.3 Å². The molecule has 5 N–H and O–H groups in total. The number of anilines is 4. The minimum absolute atomic E-state index is 0.145. The fourth-order valence-corrected chi connectivity index (χ4v) is 4.18. The number of phenolic OH excluding ortho intramolecular Hbond substituents is 1. The number of benzene rings is 3. The number of halogens is 1. The maximum atomic E-state index is 12.8. The highest BCUT2D eigenvalue weighted by atomic mass is 35.5. The van der Waals surface area contributed by atoms with Gasteiger partial charge in [0.05, 0.1) is 40.3 Å². The lowest BCUT2D eigenvalue weighted by Crippen LogP contribution is -2.26. The first kappa shape index (κ1) is 34.2. The van der Waals surface area contributed by atoms with Gasteiger partial charge in [0.25, 0.3) is 11.8 Å². The Kier molecular flexibility index (Phi) is 13.5. The number of rotatable bonds is 6. The van der Waals surface area contributed by atoms with Crippen molar-refractivity contribution in [2.75, 3.05) is 29.0 Å². The molecule has 3 aromatic carbocycles. The van der Waals surface area contributed by atoms with E-state index in [1.54, 1.807) is 30.3 Å². The molecule has 0 radical (unpaired) electrons. The third-order valence-corrected chi connectivity index (χ3v) is 6.74. The van der Waals surface area contributed by atoms with Gasteiger partial charge in [0, 0.05) is 16.9 Å². The maximum absolute atomic E-state index is 12.8. The number of amides is 2. The van der Waals surface area contributed by atoms with E-state index in [4.69, 9.17) is 21.7 Å². The number of hydrogen-bond acceptors (Lipinski definition) is 9. The molecule has 0 bridgehead atoms. The lowest BCUT2D eigenvalue weighted by Gasteiger charge is -2.17. The first-order valence-corrected chi connectivity index (χ1v) is 14.5. The third-order valence-electron chi connectivity index (χ3n) is 6.41. The number of carbonyl (C=O) groups excluding carboxylic acids is 3. The zero-order valence-corrected chi connectivity index (χ0v) is 25.6. The molecule has 2 heterocycles. The van der Waals surface area contributed by atoms with E-state index in [1.807, 2.05) is 6.07 Å². The van der Waals surface area contributed by atoms with Crippen LogP contribution in [0.4, 0.5) is 23.0 Å². The first-order chi connectivity index (χ1) is 21.7. The van der Waals surface area contributed by atoms with Gasteiger partial charge in [0.2, 0.25) is 5.95 Å². The van der Waals surface area contributed by atoms with Crippen molar-refractivity contribution in [2.24, 2.45) is 5.92 Å². The van der Waals surface area contributed by atoms with Gasteiger partial charge in [-0.15, -0.1) is 0 Å². The van der Waals surface area contributed by atoms with E-state index in [0.717, 1.165) is 12.2 Å². The SMILES string of the molecule is CC1CCNCC1.CC=O.N#Cc1ccc(C(=O)Nc2ccc(Cl)c(C(=O)Nc3cnc(Nc4ccc(O)cc4)nc3)c2)cc1. The summed E-state index contributed by atoms with van der Waals surface area (Å²) in [6.45, 7) is 6.24. The molecule has 0 aliphatic carbocycles. The van der Waals surface area contributed by atoms with Crippen molar-refractivity contribution < 1.29 is 19.5 Å². The summed E-state index contributed by atoms with van der Waals surface area (Å²) in [5.41, 5.74) is 2.36. The zero-order chi connectivity index (χ0) is 32.6. The number of phenols is 1. The predicted molar refractivity (Wildman–Crippen MR) is 175 cm³/mol. The van der Waals surface area contributed by atoms with Crippen LogP contribution >= 0.6 is 11.6 Å². The first-order valence-electron chi connectivity index (χ1n) is 14.1. The van der Waals surface area contributed by atoms with Gasteiger partial charge >= 0.3 is 0 Å². The topological polar surface area (TPSA) is 169 Å². The molecule has 232 valence electrons. The van der Waals surface area contributed by atoms with Gasteiger partial charge in [0.15, 0.2) is 0 Å². The Bertz CT molecular complexity index is 1600. The monoisotopic (exact) mass is 627 g/mol. The van der Waals surface area contributed by atoms with Crippen molar-refractivity contribution in [2.45, 2.75) is 26.7 Å². The van der Waals surface area contributed by atoms with Crippen molar-refractivity contribution in [1.82, 2.24) is 15.3 Å². The van der Waals surface area contributed by atoms with E-state index in [1.165, 1.54) is 81.6 Å². The molecular formula is C33H34ClN7O4. The molecule has 45 heavy (non-hydrogen) atoms. The van der Waals surface area contributed by atoms with Crippen LogP contribution in [0.15, 0.2) is 79.1 Å². The van der Waals surface area contributed by atoms with Crippen LogP contribution in [0.2, 0.25) is 5.02 Å². The smallest absolute Gasteiger partial charge is 0.257 e. The number of aldehydes is 1. The van der Waals surface area contributed by atoms with Gasteiger partial charge in [-0.25, -0.2) is 9.97 Å². The Morgan fingerprint density at radius 1 is 0.933 bits per heavy atom. The molecule has 11 nitrogen and oxygen atoms in total. The second-order valence-corrected chi connectivity index (χ2v) is 10.3. The van der Waals surface area contributed by atoms with E-state index in [0.29, 0.717) is 34.1 Å². The Labute approximate surface area is 266 Å². The second kappa shape index (κ2) is 17.7. The van der Waals surface area contributed by atoms with Crippen molar-refractivity contribution in [3.8, 4) is 11.8 Å². The van der Waals surface area contributed by atoms with Crippen LogP contribution in [-0.4, -0.2) is 46.3 Å². The molecule has 0 saturated carbocycles. The molecule has 1 saturated heterocycles. The number of aromatic hydroxyl groups is 1. The summed E-state index contributed by atoms with van der Waals surface area (Å²) in [5.74, 6) is 0.521. The van der Waals surface area contributed by atoms with E-state index >= 15 is 0 Å². The average Bonchev–Trinajstić information content (AvgIpc) is 3.05. The predicted octanol–water partition coefficient (Wildman–Crippen LogP) is 6.17. The van der Waals surface area contributed by atoms with E-state index in [2.05, 4.69) is 38.2 Å². The Balaban J connectivity index is 0.000000474. The largest absolute Gasteiger partial charge is 0.508 e. The Morgan fingerprint density at radius 2 is 1.51 bits per heavy atom. The molecule has 2 amide bonds. The van der Waals surface area contributed by atoms with Gasteiger partial charge in [0.1, 0.15) is 12.0 Å². The van der Waals surface area contributed by atoms with Gasteiger partial charge < -0.3 is 31.2 Å². The zero-order valence-electron chi connectivity index (χ0n) is 24.9. The summed E-state index contributed by atoms with van der Waals surface area (Å²) in [5, 5.41) is 30.1. The van der Waals surface area contributed by atoms with Gasteiger partial charge in [-0.2, -0.15) is 5.26 Å². The average molecular weight is 628 g/mol. The van der Waals surface area contributed by atoms with Crippen molar-refractivity contribution in [3.05, 3.63) is 101 Å². The number of carbonyl (C=O) groups is 3. The van der Waals surface area contributed by atoms with Crippen LogP contribution in [0, 0.1) is 17.2 Å². The molecular weight excluding hydrogens is 594 g/mol. The molecule has 1 aliphatic rings. The Morgan fingerprint density at radius 3 is 2.07 bits per heavy atom. The van der Waals surface area contributed by atoms with E-state index < -0.39 is 11.8 Å².